The van der Waals surface area contributed by atoms with Gasteiger partial charge in [-0.1, -0.05) is 6.07 Å². The Morgan fingerprint density at radius 2 is 2.04 bits per heavy atom. The number of halogens is 1. The number of primary amides is 1. The summed E-state index contributed by atoms with van der Waals surface area (Å²) < 4.78 is 14.5. The van der Waals surface area contributed by atoms with Crippen molar-refractivity contribution in [3.05, 3.63) is 47.5 Å². The maximum absolute atomic E-state index is 14.5. The molecule has 2 aromatic heterocycles. The van der Waals surface area contributed by atoms with E-state index in [-0.39, 0.29) is 22.3 Å². The van der Waals surface area contributed by atoms with Crippen molar-refractivity contribution in [3.8, 4) is 11.1 Å². The van der Waals surface area contributed by atoms with E-state index in [9.17, 15) is 9.18 Å². The lowest BCUT2D eigenvalue weighted by Gasteiger charge is -2.13. The average molecular weight is 336 g/mol. The quantitative estimate of drug-likeness (QED) is 0.518. The van der Waals surface area contributed by atoms with Gasteiger partial charge < -0.3 is 11.5 Å². The van der Waals surface area contributed by atoms with Gasteiger partial charge in [0.05, 0.1) is 22.8 Å². The zero-order valence-electron chi connectivity index (χ0n) is 13.2. The number of hydrogen-bond donors (Lipinski definition) is 3. The van der Waals surface area contributed by atoms with E-state index in [1.54, 1.807) is 13.1 Å². The van der Waals surface area contributed by atoms with E-state index in [4.69, 9.17) is 11.5 Å². The molecule has 4 rings (SSSR count). The minimum Gasteiger partial charge on any atom is -0.396 e. The van der Waals surface area contributed by atoms with Crippen LogP contribution in [-0.4, -0.2) is 26.3 Å². The van der Waals surface area contributed by atoms with Crippen LogP contribution in [0, 0.1) is 12.7 Å². The maximum Gasteiger partial charge on any atom is 0.271 e. The first-order valence-corrected chi connectivity index (χ1v) is 7.45. The maximum atomic E-state index is 14.5. The van der Waals surface area contributed by atoms with Gasteiger partial charge in [0.1, 0.15) is 11.3 Å². The Bertz CT molecular complexity index is 1170. The predicted octanol–water partition coefficient (Wildman–Crippen LogP) is 2.30. The van der Waals surface area contributed by atoms with Gasteiger partial charge in [-0.2, -0.15) is 5.10 Å². The third-order valence-corrected chi connectivity index (χ3v) is 4.19. The normalized spacial score (nSPS) is 11.3. The molecule has 5 N–H and O–H groups in total. The second-order valence-electron chi connectivity index (χ2n) is 5.77. The topological polar surface area (TPSA) is 124 Å². The highest BCUT2D eigenvalue weighted by molar-refractivity contribution is 6.08. The zero-order chi connectivity index (χ0) is 17.7. The standard InChI is InChI=1S/C17H13FN6O/c1-7-4-10(18)13-14(19)16(17(20)25)24-23-15(13)12(7)8-2-3-11-9(5-8)6-21-22-11/h2-6H,1H3,(H2,19,23)(H2,20,25)(H,21,22). The Hall–Kier alpha value is -3.55. The number of hydrogen-bond acceptors (Lipinski definition) is 5. The van der Waals surface area contributed by atoms with Crippen LogP contribution in [0.4, 0.5) is 10.1 Å². The summed E-state index contributed by atoms with van der Waals surface area (Å²) in [6.07, 6.45) is 1.70. The van der Waals surface area contributed by atoms with E-state index >= 15 is 0 Å². The Morgan fingerprint density at radius 3 is 2.80 bits per heavy atom. The van der Waals surface area contributed by atoms with Crippen LogP contribution in [0.1, 0.15) is 16.1 Å². The summed E-state index contributed by atoms with van der Waals surface area (Å²) in [6.45, 7) is 1.78. The van der Waals surface area contributed by atoms with Gasteiger partial charge in [-0.15, -0.1) is 10.2 Å². The van der Waals surface area contributed by atoms with Gasteiger partial charge in [-0.3, -0.25) is 9.89 Å². The molecule has 0 spiro atoms. The fraction of sp³-hybridized carbons (Fsp3) is 0.0588. The summed E-state index contributed by atoms with van der Waals surface area (Å²) in [5.41, 5.74) is 14.2. The van der Waals surface area contributed by atoms with E-state index in [0.717, 1.165) is 16.5 Å². The van der Waals surface area contributed by atoms with Crippen molar-refractivity contribution in [1.29, 1.82) is 0 Å². The number of aromatic nitrogens is 4. The number of H-pyrrole nitrogens is 1. The summed E-state index contributed by atoms with van der Waals surface area (Å²) in [7, 11) is 0. The van der Waals surface area contributed by atoms with E-state index in [1.807, 2.05) is 18.2 Å². The smallest absolute Gasteiger partial charge is 0.271 e. The number of fused-ring (bicyclic) bond motifs is 2. The fourth-order valence-electron chi connectivity index (χ4n) is 3.03. The lowest BCUT2D eigenvalue weighted by Crippen LogP contribution is -2.17. The SMILES string of the molecule is Cc1cc(F)c2c(N)c(C(N)=O)nnc2c1-c1ccc2[nH]ncc2c1. The molecule has 7 nitrogen and oxygen atoms in total. The third-order valence-electron chi connectivity index (χ3n) is 4.19. The van der Waals surface area contributed by atoms with Crippen molar-refractivity contribution in [3.63, 3.8) is 0 Å². The minimum absolute atomic E-state index is 0.0386. The van der Waals surface area contributed by atoms with Gasteiger partial charge in [0.2, 0.25) is 0 Å². The van der Waals surface area contributed by atoms with Gasteiger partial charge >= 0.3 is 0 Å². The molecule has 0 atom stereocenters. The molecule has 1 amide bonds. The molecule has 2 heterocycles. The number of amides is 1. The Morgan fingerprint density at radius 1 is 1.24 bits per heavy atom. The van der Waals surface area contributed by atoms with Crippen molar-refractivity contribution in [2.75, 3.05) is 5.73 Å². The first kappa shape index (κ1) is 15.0. The fourth-order valence-corrected chi connectivity index (χ4v) is 3.03. The number of nitrogens with zero attached hydrogens (tertiary/aromatic N) is 3. The van der Waals surface area contributed by atoms with E-state index in [0.29, 0.717) is 11.1 Å². The number of benzene rings is 2. The monoisotopic (exact) mass is 336 g/mol. The van der Waals surface area contributed by atoms with Crippen molar-refractivity contribution in [2.45, 2.75) is 6.92 Å². The highest BCUT2D eigenvalue weighted by Crippen LogP contribution is 2.36. The van der Waals surface area contributed by atoms with Gasteiger partial charge in [0.15, 0.2) is 5.69 Å². The molecule has 0 saturated carbocycles. The van der Waals surface area contributed by atoms with Crippen molar-refractivity contribution < 1.29 is 9.18 Å². The molecule has 0 bridgehead atoms. The Balaban J connectivity index is 2.09. The molecule has 0 saturated heterocycles. The van der Waals surface area contributed by atoms with Crippen LogP contribution in [0.3, 0.4) is 0 Å². The summed E-state index contributed by atoms with van der Waals surface area (Å²) in [5.74, 6) is -1.43. The number of carbonyl (C=O) groups excluding carboxylic acids is 1. The predicted molar refractivity (Wildman–Crippen MR) is 92.3 cm³/mol. The van der Waals surface area contributed by atoms with Crippen LogP contribution >= 0.6 is 0 Å². The molecule has 25 heavy (non-hydrogen) atoms. The van der Waals surface area contributed by atoms with Crippen LogP contribution < -0.4 is 11.5 Å². The number of aryl methyl sites for hydroxylation is 1. The van der Waals surface area contributed by atoms with E-state index < -0.39 is 11.7 Å². The molecular formula is C17H13FN6O. The molecule has 124 valence electrons. The van der Waals surface area contributed by atoms with Crippen LogP contribution in [0.5, 0.6) is 0 Å². The number of nitrogens with one attached hydrogen (secondary N) is 1. The number of nitrogens with two attached hydrogens (primary N) is 2. The number of carbonyl (C=O) groups is 1. The van der Waals surface area contributed by atoms with Crippen LogP contribution in [0.25, 0.3) is 32.9 Å². The highest BCUT2D eigenvalue weighted by atomic mass is 19.1. The number of aromatic amines is 1. The second kappa shape index (κ2) is 5.23. The molecule has 2 aromatic carbocycles. The number of rotatable bonds is 2. The molecule has 0 radical (unpaired) electrons. The van der Waals surface area contributed by atoms with Crippen LogP contribution in [0.2, 0.25) is 0 Å². The van der Waals surface area contributed by atoms with Crippen molar-refractivity contribution >= 4 is 33.4 Å². The Labute approximate surface area is 140 Å². The first-order chi connectivity index (χ1) is 12.0. The van der Waals surface area contributed by atoms with Gasteiger partial charge in [-0.25, -0.2) is 4.39 Å². The summed E-state index contributed by atoms with van der Waals surface area (Å²) >= 11 is 0. The molecule has 4 aromatic rings. The number of nitrogen functional groups attached to an aromatic ring is 1. The molecule has 0 fully saturated rings. The van der Waals surface area contributed by atoms with Crippen molar-refractivity contribution in [1.82, 2.24) is 20.4 Å². The second-order valence-corrected chi connectivity index (χ2v) is 5.77. The molecule has 8 heteroatoms. The third kappa shape index (κ3) is 2.18. The summed E-state index contributed by atoms with van der Waals surface area (Å²) in [5, 5.41) is 15.6. The molecule has 0 aliphatic heterocycles. The lowest BCUT2D eigenvalue weighted by molar-refractivity contribution is 0.0996. The molecule has 0 aliphatic rings. The summed E-state index contributed by atoms with van der Waals surface area (Å²) in [6, 6.07) is 7.03. The molecule has 0 aliphatic carbocycles. The first-order valence-electron chi connectivity index (χ1n) is 7.45. The highest BCUT2D eigenvalue weighted by Gasteiger charge is 2.20. The zero-order valence-corrected chi connectivity index (χ0v) is 13.2. The van der Waals surface area contributed by atoms with E-state index in [1.165, 1.54) is 6.07 Å². The van der Waals surface area contributed by atoms with Crippen LogP contribution in [0.15, 0.2) is 30.5 Å². The Kier molecular flexibility index (Phi) is 3.14. The largest absolute Gasteiger partial charge is 0.396 e. The molecule has 0 unspecified atom stereocenters. The average Bonchev–Trinajstić information content (AvgIpc) is 3.02. The lowest BCUT2D eigenvalue weighted by atomic mass is 9.95. The van der Waals surface area contributed by atoms with Gasteiger partial charge in [-0.05, 0) is 36.2 Å². The summed E-state index contributed by atoms with van der Waals surface area (Å²) in [4.78, 5) is 11.4. The molecular weight excluding hydrogens is 323 g/mol. The van der Waals surface area contributed by atoms with Crippen molar-refractivity contribution in [2.24, 2.45) is 5.73 Å². The van der Waals surface area contributed by atoms with Gasteiger partial charge in [0.25, 0.3) is 5.91 Å². The van der Waals surface area contributed by atoms with Gasteiger partial charge in [0, 0.05) is 10.9 Å². The van der Waals surface area contributed by atoms with E-state index in [2.05, 4.69) is 20.4 Å². The van der Waals surface area contributed by atoms with Crippen LogP contribution in [-0.2, 0) is 0 Å². The minimum atomic E-state index is -0.853. The number of anilines is 1.